The lowest BCUT2D eigenvalue weighted by atomic mass is 9.43. The van der Waals surface area contributed by atoms with Gasteiger partial charge in [-0.25, -0.2) is 0 Å². The van der Waals surface area contributed by atoms with Gasteiger partial charge in [-0.05, 0) is 97.2 Å². The van der Waals surface area contributed by atoms with Crippen molar-refractivity contribution in [2.45, 2.75) is 91.0 Å². The van der Waals surface area contributed by atoms with Crippen LogP contribution < -0.4 is 0 Å². The molecule has 0 radical (unpaired) electrons. The molecule has 1 unspecified atom stereocenters. The first-order valence-electron chi connectivity index (χ1n) is 12.4. The van der Waals surface area contributed by atoms with Gasteiger partial charge < -0.3 is 20.4 Å². The summed E-state index contributed by atoms with van der Waals surface area (Å²) in [5.41, 5.74) is 0.187. The normalized spacial score (nSPS) is 53.1. The Balaban J connectivity index is 1.59. The molecular formula is C26H44O4. The fraction of sp³-hybridized carbons (Fsp3) is 0.923. The van der Waals surface area contributed by atoms with E-state index < -0.39 is 0 Å². The van der Waals surface area contributed by atoms with Crippen molar-refractivity contribution in [1.29, 1.82) is 0 Å². The minimum absolute atomic E-state index is 0.0861. The Morgan fingerprint density at radius 2 is 1.57 bits per heavy atom. The van der Waals surface area contributed by atoms with Gasteiger partial charge in [-0.15, -0.1) is 0 Å². The third-order valence-electron chi connectivity index (χ3n) is 10.4. The number of hydrogen-bond acceptors (Lipinski definition) is 4. The van der Waals surface area contributed by atoms with E-state index in [1.54, 1.807) is 0 Å². The molecule has 4 aliphatic rings. The third kappa shape index (κ3) is 3.50. The molecule has 0 aromatic carbocycles. The number of hydrogen-bond donors (Lipinski definition) is 4. The second kappa shape index (κ2) is 8.17. The largest absolute Gasteiger partial charge is 0.396 e. The standard InChI is InChI=1S/C26H44O4/c1-15(14-27)5-6-16(2)20-13-23(30)24-18-12-22(29)21-11-17(28)7-9-25(21,3)19(18)8-10-26(20,24)4/h5-6,15-24,27-30H,7-14H2,1-4H3/b6-5+/t15?,16-,17+,18-,19+,20-,21-,22+,23-,24-,25-,26-/m1/s1. The maximum atomic E-state index is 11.3. The molecule has 0 aromatic rings. The average Bonchev–Trinajstić information content (AvgIpc) is 2.98. The highest BCUT2D eigenvalue weighted by Crippen LogP contribution is 2.68. The lowest BCUT2D eigenvalue weighted by molar-refractivity contribution is -0.180. The summed E-state index contributed by atoms with van der Waals surface area (Å²) in [7, 11) is 0. The third-order valence-corrected chi connectivity index (χ3v) is 10.4. The quantitative estimate of drug-likeness (QED) is 0.522. The highest BCUT2D eigenvalue weighted by molar-refractivity contribution is 5.14. The van der Waals surface area contributed by atoms with Gasteiger partial charge in [0.05, 0.1) is 18.3 Å². The van der Waals surface area contributed by atoms with E-state index in [-0.39, 0.29) is 53.5 Å². The molecule has 0 spiro atoms. The van der Waals surface area contributed by atoms with Gasteiger partial charge in [0.1, 0.15) is 0 Å². The summed E-state index contributed by atoms with van der Waals surface area (Å²) in [6.45, 7) is 9.25. The monoisotopic (exact) mass is 420 g/mol. The summed E-state index contributed by atoms with van der Waals surface area (Å²) in [6, 6.07) is 0. The molecule has 0 aliphatic heterocycles. The summed E-state index contributed by atoms with van der Waals surface area (Å²) in [4.78, 5) is 0. The van der Waals surface area contributed by atoms with E-state index in [9.17, 15) is 20.4 Å². The van der Waals surface area contributed by atoms with Crippen LogP contribution in [0.3, 0.4) is 0 Å². The molecule has 0 bridgehead atoms. The average molecular weight is 421 g/mol. The van der Waals surface area contributed by atoms with Crippen LogP contribution in [0.25, 0.3) is 0 Å². The van der Waals surface area contributed by atoms with Crippen molar-refractivity contribution in [3.63, 3.8) is 0 Å². The van der Waals surface area contributed by atoms with Gasteiger partial charge in [-0.2, -0.15) is 0 Å². The molecule has 0 aromatic heterocycles. The Morgan fingerprint density at radius 1 is 0.867 bits per heavy atom. The van der Waals surface area contributed by atoms with E-state index in [2.05, 4.69) is 32.9 Å². The molecule has 4 nitrogen and oxygen atoms in total. The smallest absolute Gasteiger partial charge is 0.0579 e. The second-order valence-electron chi connectivity index (χ2n) is 12.0. The van der Waals surface area contributed by atoms with Crippen LogP contribution in [0.5, 0.6) is 0 Å². The number of rotatable bonds is 4. The summed E-state index contributed by atoms with van der Waals surface area (Å²) in [5.74, 6) is 2.37. The highest BCUT2D eigenvalue weighted by atomic mass is 16.3. The van der Waals surface area contributed by atoms with Gasteiger partial charge in [0.25, 0.3) is 0 Å². The van der Waals surface area contributed by atoms with Gasteiger partial charge >= 0.3 is 0 Å². The van der Waals surface area contributed by atoms with Crippen LogP contribution in [-0.2, 0) is 0 Å². The summed E-state index contributed by atoms with van der Waals surface area (Å²) < 4.78 is 0. The summed E-state index contributed by atoms with van der Waals surface area (Å²) in [5, 5.41) is 42.0. The van der Waals surface area contributed by atoms with E-state index >= 15 is 0 Å². The van der Waals surface area contributed by atoms with Gasteiger partial charge in [-0.3, -0.25) is 0 Å². The molecule has 0 amide bonds. The molecule has 4 fully saturated rings. The van der Waals surface area contributed by atoms with Crippen LogP contribution in [0.4, 0.5) is 0 Å². The maximum absolute atomic E-state index is 11.3. The molecular weight excluding hydrogens is 376 g/mol. The van der Waals surface area contributed by atoms with E-state index in [1.807, 2.05) is 6.92 Å². The van der Waals surface area contributed by atoms with Crippen LogP contribution in [0.1, 0.15) is 72.6 Å². The van der Waals surface area contributed by atoms with Crippen molar-refractivity contribution < 1.29 is 20.4 Å². The van der Waals surface area contributed by atoms with Crippen molar-refractivity contribution in [3.05, 3.63) is 12.2 Å². The first-order chi connectivity index (χ1) is 14.1. The lowest BCUT2D eigenvalue weighted by Crippen LogP contribution is -2.59. The van der Waals surface area contributed by atoms with Crippen molar-refractivity contribution >= 4 is 0 Å². The number of allylic oxidation sites excluding steroid dienone is 1. The topological polar surface area (TPSA) is 80.9 Å². The molecule has 4 rings (SSSR count). The number of fused-ring (bicyclic) bond motifs is 5. The Labute approximate surface area is 182 Å². The van der Waals surface area contributed by atoms with Gasteiger partial charge in [0.15, 0.2) is 0 Å². The van der Waals surface area contributed by atoms with Crippen LogP contribution in [-0.4, -0.2) is 45.3 Å². The zero-order valence-electron chi connectivity index (χ0n) is 19.4. The summed E-state index contributed by atoms with van der Waals surface area (Å²) in [6.07, 6.45) is 10.0. The Hall–Kier alpha value is -0.420. The second-order valence-corrected chi connectivity index (χ2v) is 12.0. The molecule has 172 valence electrons. The van der Waals surface area contributed by atoms with Crippen molar-refractivity contribution in [1.82, 2.24) is 0 Å². The SMILES string of the molecule is CC(/C=C/[C@@H](C)[C@H]1C[C@@H](O)[C@H]2[C@@H]3C[C@H](O)[C@H]4C[C@@H](O)CC[C@]4(C)[C@H]3CC[C@@]21C)CO. The maximum Gasteiger partial charge on any atom is 0.0579 e. The molecule has 0 saturated heterocycles. The van der Waals surface area contributed by atoms with Gasteiger partial charge in [0, 0.05) is 6.61 Å². The molecule has 4 heteroatoms. The Morgan fingerprint density at radius 3 is 2.27 bits per heavy atom. The first-order valence-corrected chi connectivity index (χ1v) is 12.4. The van der Waals surface area contributed by atoms with E-state index in [0.29, 0.717) is 23.7 Å². The van der Waals surface area contributed by atoms with Crippen molar-refractivity contribution in [2.75, 3.05) is 6.61 Å². The zero-order valence-corrected chi connectivity index (χ0v) is 19.4. The summed E-state index contributed by atoms with van der Waals surface area (Å²) >= 11 is 0. The number of aliphatic hydroxyl groups excluding tert-OH is 4. The molecule has 12 atom stereocenters. The molecule has 0 heterocycles. The highest BCUT2D eigenvalue weighted by Gasteiger charge is 2.64. The molecule has 30 heavy (non-hydrogen) atoms. The van der Waals surface area contributed by atoms with Crippen LogP contribution in [0.2, 0.25) is 0 Å². The Kier molecular flexibility index (Phi) is 6.20. The van der Waals surface area contributed by atoms with Gasteiger partial charge in [0.2, 0.25) is 0 Å². The number of aliphatic hydroxyl groups is 4. The lowest BCUT2D eigenvalue weighted by Gasteiger charge is -2.62. The minimum atomic E-state index is -0.359. The van der Waals surface area contributed by atoms with E-state index in [4.69, 9.17) is 0 Å². The van der Waals surface area contributed by atoms with Crippen molar-refractivity contribution in [3.8, 4) is 0 Å². The first kappa shape index (κ1) is 22.8. The Bertz CT molecular complexity index is 649. The zero-order chi connectivity index (χ0) is 21.8. The van der Waals surface area contributed by atoms with E-state index in [0.717, 1.165) is 38.5 Å². The fourth-order valence-corrected chi connectivity index (χ4v) is 8.77. The predicted octanol–water partition coefficient (Wildman–Crippen LogP) is 3.77. The predicted molar refractivity (Wildman–Crippen MR) is 119 cm³/mol. The van der Waals surface area contributed by atoms with Gasteiger partial charge in [-0.1, -0.05) is 39.8 Å². The molecule has 4 aliphatic carbocycles. The fourth-order valence-electron chi connectivity index (χ4n) is 8.77. The molecule has 4 saturated carbocycles. The molecule has 4 N–H and O–H groups in total. The van der Waals surface area contributed by atoms with Crippen LogP contribution in [0.15, 0.2) is 12.2 Å². The van der Waals surface area contributed by atoms with Crippen LogP contribution >= 0.6 is 0 Å². The van der Waals surface area contributed by atoms with Crippen LogP contribution in [0, 0.1) is 52.3 Å². The minimum Gasteiger partial charge on any atom is -0.396 e. The van der Waals surface area contributed by atoms with Crippen molar-refractivity contribution in [2.24, 2.45) is 52.3 Å². The van der Waals surface area contributed by atoms with E-state index in [1.165, 1.54) is 6.42 Å².